The Morgan fingerprint density at radius 3 is 2.27 bits per heavy atom. The second-order valence-corrected chi connectivity index (χ2v) is 6.13. The van der Waals surface area contributed by atoms with E-state index in [1.54, 1.807) is 0 Å². The fourth-order valence-corrected chi connectivity index (χ4v) is 2.62. The summed E-state index contributed by atoms with van der Waals surface area (Å²) in [6.07, 6.45) is 12.2. The lowest BCUT2D eigenvalue weighted by Crippen LogP contribution is -1.92. The molecule has 0 aromatic carbocycles. The van der Waals surface area contributed by atoms with Crippen molar-refractivity contribution in [3.63, 3.8) is 0 Å². The van der Waals surface area contributed by atoms with Gasteiger partial charge in [0.2, 0.25) is 0 Å². The van der Waals surface area contributed by atoms with Crippen molar-refractivity contribution in [2.45, 2.75) is 57.8 Å². The van der Waals surface area contributed by atoms with E-state index in [4.69, 9.17) is 5.11 Å². The molecule has 0 saturated heterocycles. The monoisotopic (exact) mass is 428 g/mol. The van der Waals surface area contributed by atoms with Crippen LogP contribution in [0, 0.1) is 23.7 Å². The molecule has 0 heterocycles. The van der Waals surface area contributed by atoms with Gasteiger partial charge in [0.05, 0.1) is 0 Å². The quantitative estimate of drug-likeness (QED) is 0.271. The van der Waals surface area contributed by atoms with Crippen molar-refractivity contribution in [1.82, 2.24) is 0 Å². The van der Waals surface area contributed by atoms with Crippen LogP contribution in [0.15, 0.2) is 21.6 Å². The van der Waals surface area contributed by atoms with Gasteiger partial charge in [-0.2, -0.15) is 0 Å². The average Bonchev–Trinajstić information content (AvgIpc) is 2.47. The van der Waals surface area contributed by atoms with E-state index in [-0.39, 0.29) is 6.42 Å². The number of carbonyl (C=O) groups is 1. The Balaban J connectivity index is 3.47. The van der Waals surface area contributed by atoms with Crippen LogP contribution in [0.3, 0.4) is 0 Å². The van der Waals surface area contributed by atoms with Crippen LogP contribution < -0.4 is 0 Å². The molecule has 0 fully saturated rings. The van der Waals surface area contributed by atoms with Gasteiger partial charge in [0.25, 0.3) is 0 Å². The summed E-state index contributed by atoms with van der Waals surface area (Å²) in [5.41, 5.74) is 0. The predicted molar refractivity (Wildman–Crippen MR) is 99.8 cm³/mol. The van der Waals surface area contributed by atoms with Crippen LogP contribution in [-0.2, 0) is 4.79 Å². The van der Waals surface area contributed by atoms with Gasteiger partial charge in [-0.1, -0.05) is 62.6 Å². The Labute approximate surface area is 150 Å². The van der Waals surface area contributed by atoms with E-state index in [1.807, 2.05) is 11.1 Å². The number of unbranched alkanes of at least 4 members (excludes halogenated alkanes) is 6. The Bertz CT molecular complexity index is 485. The van der Waals surface area contributed by atoms with Crippen LogP contribution >= 0.6 is 31.9 Å². The highest BCUT2D eigenvalue weighted by Crippen LogP contribution is 2.12. The first-order valence-corrected chi connectivity index (χ1v) is 9.17. The average molecular weight is 430 g/mol. The number of halogens is 2. The largest absolute Gasteiger partial charge is 0.481 e. The van der Waals surface area contributed by atoms with Crippen molar-refractivity contribution in [3.05, 3.63) is 21.6 Å². The molecule has 0 saturated carbocycles. The van der Waals surface area contributed by atoms with Crippen molar-refractivity contribution in [3.8, 4) is 23.7 Å². The summed E-state index contributed by atoms with van der Waals surface area (Å²) in [5, 5.41) is 8.46. The third-order valence-corrected chi connectivity index (χ3v) is 3.60. The topological polar surface area (TPSA) is 37.3 Å². The first-order chi connectivity index (χ1) is 10.7. The molecule has 120 valence electrons. The summed E-state index contributed by atoms with van der Waals surface area (Å²) in [4.78, 5) is 12.1. The Hall–Kier alpha value is -0.970. The molecule has 0 aliphatic heterocycles. The lowest BCUT2D eigenvalue weighted by Gasteiger charge is -1.96. The van der Waals surface area contributed by atoms with Crippen molar-refractivity contribution in [2.75, 3.05) is 0 Å². The van der Waals surface area contributed by atoms with E-state index in [0.717, 1.165) is 23.7 Å². The van der Waals surface area contributed by atoms with Gasteiger partial charge >= 0.3 is 5.97 Å². The van der Waals surface area contributed by atoms with E-state index in [2.05, 4.69) is 61.6 Å². The first kappa shape index (κ1) is 21.0. The molecule has 0 spiro atoms. The van der Waals surface area contributed by atoms with Crippen LogP contribution in [0.5, 0.6) is 0 Å². The maximum atomic E-state index is 10.3. The number of carboxylic acid groups (broad SMARTS) is 1. The van der Waals surface area contributed by atoms with E-state index in [9.17, 15) is 4.79 Å². The maximum absolute atomic E-state index is 10.3. The molecule has 0 rings (SSSR count). The molecular weight excluding hydrogens is 408 g/mol. The van der Waals surface area contributed by atoms with E-state index in [1.165, 1.54) is 19.3 Å². The number of hydrogen-bond donors (Lipinski definition) is 1. The SMILES string of the molecule is O=C(O)CCCC#CC#CCCCCCC/C=C(Br)\C=C/Br. The third-order valence-electron chi connectivity index (χ3n) is 2.75. The lowest BCUT2D eigenvalue weighted by molar-refractivity contribution is -0.137. The highest BCUT2D eigenvalue weighted by Gasteiger charge is 1.92. The molecule has 22 heavy (non-hydrogen) atoms. The van der Waals surface area contributed by atoms with Crippen LogP contribution in [0.1, 0.15) is 57.8 Å². The minimum atomic E-state index is -0.768. The number of hydrogen-bond acceptors (Lipinski definition) is 1. The zero-order valence-electron chi connectivity index (χ0n) is 12.7. The lowest BCUT2D eigenvalue weighted by atomic mass is 10.1. The zero-order chi connectivity index (χ0) is 16.5. The molecule has 0 aromatic heterocycles. The third kappa shape index (κ3) is 17.1. The summed E-state index contributed by atoms with van der Waals surface area (Å²) in [6, 6.07) is 0. The molecule has 1 N–H and O–H groups in total. The van der Waals surface area contributed by atoms with E-state index in [0.29, 0.717) is 12.8 Å². The summed E-state index contributed by atoms with van der Waals surface area (Å²) in [5.74, 6) is 10.7. The van der Waals surface area contributed by atoms with Gasteiger partial charge in [-0.25, -0.2) is 0 Å². The molecule has 2 nitrogen and oxygen atoms in total. The first-order valence-electron chi connectivity index (χ1n) is 7.46. The predicted octanol–water partition coefficient (Wildman–Crippen LogP) is 5.78. The van der Waals surface area contributed by atoms with Gasteiger partial charge in [-0.3, -0.25) is 4.79 Å². The molecule has 0 radical (unpaired) electrons. The van der Waals surface area contributed by atoms with Crippen LogP contribution in [0.4, 0.5) is 0 Å². The number of aliphatic carboxylic acids is 1. The smallest absolute Gasteiger partial charge is 0.303 e. The molecule has 0 aromatic rings. The number of carboxylic acids is 1. The van der Waals surface area contributed by atoms with Crippen molar-refractivity contribution < 1.29 is 9.90 Å². The van der Waals surface area contributed by atoms with Crippen molar-refractivity contribution in [2.24, 2.45) is 0 Å². The van der Waals surface area contributed by atoms with Gasteiger partial charge in [-0.05, 0) is 48.6 Å². The van der Waals surface area contributed by atoms with Gasteiger partial charge in [0.1, 0.15) is 0 Å². The fourth-order valence-electron chi connectivity index (χ4n) is 1.62. The molecule has 0 unspecified atom stereocenters. The molecular formula is C18H22Br2O2. The van der Waals surface area contributed by atoms with Gasteiger partial charge in [0, 0.05) is 23.7 Å². The molecule has 0 aliphatic carbocycles. The van der Waals surface area contributed by atoms with E-state index >= 15 is 0 Å². The van der Waals surface area contributed by atoms with Gasteiger partial charge in [-0.15, -0.1) is 0 Å². The maximum Gasteiger partial charge on any atom is 0.303 e. The highest BCUT2D eigenvalue weighted by molar-refractivity contribution is 9.12. The second-order valence-electron chi connectivity index (χ2n) is 4.69. The van der Waals surface area contributed by atoms with Crippen LogP contribution in [0.2, 0.25) is 0 Å². The summed E-state index contributed by atoms with van der Waals surface area (Å²) in [6.45, 7) is 0. The van der Waals surface area contributed by atoms with E-state index < -0.39 is 5.97 Å². The Morgan fingerprint density at radius 1 is 1.00 bits per heavy atom. The molecule has 0 bridgehead atoms. The molecule has 4 heteroatoms. The van der Waals surface area contributed by atoms with Crippen LogP contribution in [0.25, 0.3) is 0 Å². The summed E-state index contributed by atoms with van der Waals surface area (Å²) < 4.78 is 1.11. The van der Waals surface area contributed by atoms with Crippen molar-refractivity contribution in [1.29, 1.82) is 0 Å². The minimum Gasteiger partial charge on any atom is -0.481 e. The molecule has 0 aliphatic rings. The normalized spacial score (nSPS) is 10.7. The van der Waals surface area contributed by atoms with Crippen LogP contribution in [-0.4, -0.2) is 11.1 Å². The summed E-state index contributed by atoms with van der Waals surface area (Å²) in [7, 11) is 0. The summed E-state index contributed by atoms with van der Waals surface area (Å²) >= 11 is 6.70. The zero-order valence-corrected chi connectivity index (χ0v) is 15.9. The Morgan fingerprint density at radius 2 is 1.64 bits per heavy atom. The van der Waals surface area contributed by atoms with Crippen molar-refractivity contribution >= 4 is 37.8 Å². The Kier molecular flexibility index (Phi) is 15.7. The van der Waals surface area contributed by atoms with Gasteiger partial charge < -0.3 is 5.11 Å². The fraction of sp³-hybridized carbons (Fsp3) is 0.500. The number of allylic oxidation sites excluding steroid dienone is 3. The molecule has 0 amide bonds. The second kappa shape index (κ2) is 16.4. The highest BCUT2D eigenvalue weighted by atomic mass is 79.9. The molecule has 0 atom stereocenters. The minimum absolute atomic E-state index is 0.181. The number of rotatable bonds is 10. The van der Waals surface area contributed by atoms with Gasteiger partial charge in [0.15, 0.2) is 0 Å². The standard InChI is InChI=1S/C18H22Br2O2/c19-16-15-17(20)13-11-9-7-5-3-1-2-4-6-8-10-12-14-18(21)22/h13,15-16H,1,3,5,7,9-12,14H2,(H,21,22)/b16-15-,17-13+.